The van der Waals surface area contributed by atoms with Crippen LogP contribution in [0.25, 0.3) is 0 Å². The third-order valence-corrected chi connectivity index (χ3v) is 6.13. The van der Waals surface area contributed by atoms with Gasteiger partial charge in [0.15, 0.2) is 9.84 Å². The van der Waals surface area contributed by atoms with Crippen molar-refractivity contribution in [3.63, 3.8) is 0 Å². The van der Waals surface area contributed by atoms with Crippen molar-refractivity contribution in [3.05, 3.63) is 21.3 Å². The lowest BCUT2D eigenvalue weighted by molar-refractivity contribution is -0.139. The van der Waals surface area contributed by atoms with Crippen molar-refractivity contribution >= 4 is 38.7 Å². The second-order valence-electron chi connectivity index (χ2n) is 4.58. The molecule has 1 aliphatic rings. The fourth-order valence-corrected chi connectivity index (χ4v) is 4.88. The van der Waals surface area contributed by atoms with Crippen LogP contribution in [0.3, 0.4) is 0 Å². The van der Waals surface area contributed by atoms with E-state index in [-0.39, 0.29) is 24.1 Å². The van der Waals surface area contributed by atoms with Gasteiger partial charge in [-0.25, -0.2) is 8.42 Å². The summed E-state index contributed by atoms with van der Waals surface area (Å²) in [6.45, 7) is 0.196. The standard InChI is InChI=1S/C11H14ClNO4S2/c12-11-8(1-3-18-11)5-13(6-10(14)15)9-2-4-19(16,17)7-9/h1,3,9H,2,4-7H2,(H,14,15). The second kappa shape index (κ2) is 5.78. The SMILES string of the molecule is O=C(O)CN(Cc1ccsc1Cl)C1CCS(=O)(=O)C1. The molecule has 2 rings (SSSR count). The van der Waals surface area contributed by atoms with Gasteiger partial charge in [0.2, 0.25) is 0 Å². The lowest BCUT2D eigenvalue weighted by Gasteiger charge is -2.25. The van der Waals surface area contributed by atoms with Crippen molar-refractivity contribution in [1.29, 1.82) is 0 Å². The number of hydrogen-bond acceptors (Lipinski definition) is 5. The van der Waals surface area contributed by atoms with E-state index in [0.29, 0.717) is 17.3 Å². The molecule has 1 aromatic heterocycles. The zero-order chi connectivity index (χ0) is 14.0. The van der Waals surface area contributed by atoms with Gasteiger partial charge in [0.25, 0.3) is 0 Å². The smallest absolute Gasteiger partial charge is 0.317 e. The van der Waals surface area contributed by atoms with Crippen LogP contribution in [0.15, 0.2) is 11.4 Å². The van der Waals surface area contributed by atoms with E-state index in [1.54, 1.807) is 4.90 Å². The van der Waals surface area contributed by atoms with Crippen LogP contribution in [0.5, 0.6) is 0 Å². The fraction of sp³-hybridized carbons (Fsp3) is 0.545. The molecule has 0 saturated carbocycles. The van der Waals surface area contributed by atoms with Gasteiger partial charge < -0.3 is 5.11 Å². The van der Waals surface area contributed by atoms with Gasteiger partial charge in [-0.05, 0) is 23.4 Å². The molecular weight excluding hydrogens is 310 g/mol. The lowest BCUT2D eigenvalue weighted by atomic mass is 10.2. The Morgan fingerprint density at radius 2 is 2.32 bits per heavy atom. The third kappa shape index (κ3) is 3.92. The van der Waals surface area contributed by atoms with Crippen molar-refractivity contribution in [3.8, 4) is 0 Å². The summed E-state index contributed by atoms with van der Waals surface area (Å²) in [5.74, 6) is -0.802. The van der Waals surface area contributed by atoms with Crippen molar-refractivity contribution in [2.24, 2.45) is 0 Å². The average Bonchev–Trinajstić information content (AvgIpc) is 2.84. The van der Waals surface area contributed by atoms with Crippen molar-refractivity contribution in [2.75, 3.05) is 18.1 Å². The molecule has 0 spiro atoms. The Balaban J connectivity index is 2.12. The molecule has 106 valence electrons. The number of thiophene rings is 1. The molecule has 1 saturated heterocycles. The normalized spacial score (nSPS) is 21.9. The van der Waals surface area contributed by atoms with Crippen molar-refractivity contribution in [1.82, 2.24) is 4.90 Å². The molecule has 1 aliphatic heterocycles. The molecule has 5 nitrogen and oxygen atoms in total. The molecule has 0 bridgehead atoms. The van der Waals surface area contributed by atoms with E-state index in [0.717, 1.165) is 5.56 Å². The maximum absolute atomic E-state index is 11.5. The number of halogens is 1. The summed E-state index contributed by atoms with van der Waals surface area (Å²) in [6, 6.07) is 1.60. The van der Waals surface area contributed by atoms with Crippen LogP contribution in [0.1, 0.15) is 12.0 Å². The molecule has 2 heterocycles. The van der Waals surface area contributed by atoms with Gasteiger partial charge in [0.05, 0.1) is 22.4 Å². The van der Waals surface area contributed by atoms with Crippen LogP contribution in [0, 0.1) is 0 Å². The Morgan fingerprint density at radius 1 is 1.58 bits per heavy atom. The summed E-state index contributed by atoms with van der Waals surface area (Å²) in [6.07, 6.45) is 0.484. The molecule has 1 N–H and O–H groups in total. The van der Waals surface area contributed by atoms with Gasteiger partial charge in [-0.2, -0.15) is 0 Å². The van der Waals surface area contributed by atoms with E-state index in [9.17, 15) is 13.2 Å². The minimum absolute atomic E-state index is 0.0298. The molecule has 8 heteroatoms. The van der Waals surface area contributed by atoms with Crippen LogP contribution in [-0.2, 0) is 21.2 Å². The monoisotopic (exact) mass is 323 g/mol. The summed E-state index contributed by atoms with van der Waals surface area (Å²) in [5, 5.41) is 10.8. The van der Waals surface area contributed by atoms with Crippen molar-refractivity contribution < 1.29 is 18.3 Å². The van der Waals surface area contributed by atoms with Gasteiger partial charge >= 0.3 is 5.97 Å². The number of rotatable bonds is 5. The topological polar surface area (TPSA) is 74.7 Å². The van der Waals surface area contributed by atoms with Gasteiger partial charge in [-0.15, -0.1) is 11.3 Å². The number of carboxylic acids is 1. The molecule has 1 atom stereocenters. The van der Waals surface area contributed by atoms with E-state index in [4.69, 9.17) is 16.7 Å². The van der Waals surface area contributed by atoms with Crippen LogP contribution < -0.4 is 0 Å². The average molecular weight is 324 g/mol. The van der Waals surface area contributed by atoms with Crippen LogP contribution in [0.2, 0.25) is 4.34 Å². The number of carbonyl (C=O) groups is 1. The molecule has 0 aliphatic carbocycles. The second-order valence-corrected chi connectivity index (χ2v) is 8.32. The van der Waals surface area contributed by atoms with Crippen molar-refractivity contribution in [2.45, 2.75) is 19.0 Å². The predicted molar refractivity (Wildman–Crippen MR) is 74.4 cm³/mol. The van der Waals surface area contributed by atoms with E-state index >= 15 is 0 Å². The zero-order valence-corrected chi connectivity index (χ0v) is 12.5. The highest BCUT2D eigenvalue weighted by Gasteiger charge is 2.33. The number of carboxylic acid groups (broad SMARTS) is 1. The van der Waals surface area contributed by atoms with E-state index < -0.39 is 15.8 Å². The summed E-state index contributed by atoms with van der Waals surface area (Å²) < 4.78 is 23.6. The van der Waals surface area contributed by atoms with E-state index in [2.05, 4.69) is 0 Å². The maximum atomic E-state index is 11.5. The Bertz CT molecular complexity index is 569. The van der Waals surface area contributed by atoms with Crippen LogP contribution in [-0.4, -0.2) is 48.5 Å². The molecular formula is C11H14ClNO4S2. The van der Waals surface area contributed by atoms with Crippen LogP contribution >= 0.6 is 22.9 Å². The molecule has 0 amide bonds. The Hall–Kier alpha value is -0.630. The van der Waals surface area contributed by atoms with E-state index in [1.807, 2.05) is 11.4 Å². The highest BCUT2D eigenvalue weighted by molar-refractivity contribution is 7.91. The third-order valence-electron chi connectivity index (χ3n) is 3.13. The van der Waals surface area contributed by atoms with Gasteiger partial charge in [0.1, 0.15) is 0 Å². The Morgan fingerprint density at radius 3 is 2.79 bits per heavy atom. The quantitative estimate of drug-likeness (QED) is 0.888. The lowest BCUT2D eigenvalue weighted by Crippen LogP contribution is -2.39. The first-order chi connectivity index (χ1) is 8.87. The summed E-state index contributed by atoms with van der Waals surface area (Å²) >= 11 is 7.39. The minimum atomic E-state index is -3.03. The fourth-order valence-electron chi connectivity index (χ4n) is 2.20. The molecule has 0 aromatic carbocycles. The minimum Gasteiger partial charge on any atom is -0.480 e. The van der Waals surface area contributed by atoms with Gasteiger partial charge in [-0.1, -0.05) is 11.6 Å². The largest absolute Gasteiger partial charge is 0.480 e. The molecule has 0 radical (unpaired) electrons. The Kier molecular flexibility index (Phi) is 4.50. The summed E-state index contributed by atoms with van der Waals surface area (Å²) in [4.78, 5) is 12.6. The first kappa shape index (κ1) is 14.8. The first-order valence-corrected chi connectivity index (χ1v) is 8.83. The summed E-state index contributed by atoms with van der Waals surface area (Å²) in [5.41, 5.74) is 0.845. The molecule has 1 aromatic rings. The maximum Gasteiger partial charge on any atom is 0.317 e. The highest BCUT2D eigenvalue weighted by atomic mass is 35.5. The highest BCUT2D eigenvalue weighted by Crippen LogP contribution is 2.26. The van der Waals surface area contributed by atoms with Gasteiger partial charge in [0, 0.05) is 12.6 Å². The number of hydrogen-bond donors (Lipinski definition) is 1. The molecule has 19 heavy (non-hydrogen) atoms. The van der Waals surface area contributed by atoms with Crippen LogP contribution in [0.4, 0.5) is 0 Å². The molecule has 1 fully saturated rings. The Labute approximate surface area is 120 Å². The first-order valence-electron chi connectivity index (χ1n) is 5.75. The summed E-state index contributed by atoms with van der Waals surface area (Å²) in [7, 11) is -3.03. The van der Waals surface area contributed by atoms with Gasteiger partial charge in [-0.3, -0.25) is 9.69 Å². The molecule has 1 unspecified atom stereocenters. The number of sulfone groups is 1. The zero-order valence-electron chi connectivity index (χ0n) is 10.1. The predicted octanol–water partition coefficient (Wildman–Crippen LogP) is 1.48. The van der Waals surface area contributed by atoms with E-state index in [1.165, 1.54) is 11.3 Å². The number of nitrogens with zero attached hydrogens (tertiary/aromatic N) is 1. The number of aliphatic carboxylic acids is 1.